The number of aryl methyl sites for hydroxylation is 1. The number of halogens is 3. The number of nitrogens with zero attached hydrogens (tertiary/aromatic N) is 2. The maximum Gasteiger partial charge on any atom is 0.203 e. The van der Waals surface area contributed by atoms with Gasteiger partial charge in [0.2, 0.25) is 5.13 Å². The van der Waals surface area contributed by atoms with Gasteiger partial charge in [-0.15, -0.1) is 11.3 Å². The van der Waals surface area contributed by atoms with Gasteiger partial charge in [-0.3, -0.25) is 5.43 Å². The zero-order chi connectivity index (χ0) is 13.1. The number of aromatic nitrogens is 1. The number of thiazole rings is 1. The van der Waals surface area contributed by atoms with Crippen molar-refractivity contribution in [3.05, 3.63) is 43.3 Å². The average molecular weight is 365 g/mol. The van der Waals surface area contributed by atoms with Gasteiger partial charge in [0.05, 0.1) is 22.0 Å². The van der Waals surface area contributed by atoms with E-state index in [0.29, 0.717) is 10.0 Å². The molecule has 7 heteroatoms. The molecule has 0 fully saturated rings. The Kier molecular flexibility index (Phi) is 4.61. The average Bonchev–Trinajstić information content (AvgIpc) is 2.75. The van der Waals surface area contributed by atoms with Crippen LogP contribution in [0.3, 0.4) is 0 Å². The molecule has 1 heterocycles. The Morgan fingerprint density at radius 2 is 2.17 bits per heavy atom. The van der Waals surface area contributed by atoms with Crippen LogP contribution in [0, 0.1) is 6.92 Å². The van der Waals surface area contributed by atoms with Gasteiger partial charge in [-0.05, 0) is 28.9 Å². The Morgan fingerprint density at radius 3 is 2.83 bits per heavy atom. The lowest BCUT2D eigenvalue weighted by Crippen LogP contribution is -1.91. The van der Waals surface area contributed by atoms with Gasteiger partial charge in [0.1, 0.15) is 0 Å². The third kappa shape index (κ3) is 3.23. The van der Waals surface area contributed by atoms with Crippen molar-refractivity contribution in [2.75, 3.05) is 5.43 Å². The Hall–Kier alpha value is -0.620. The summed E-state index contributed by atoms with van der Waals surface area (Å²) >= 11 is 16.9. The number of hydrogen-bond acceptors (Lipinski definition) is 4. The number of anilines is 1. The normalized spacial score (nSPS) is 11.1. The quantitative estimate of drug-likeness (QED) is 0.474. The third-order valence-electron chi connectivity index (χ3n) is 2.05. The first kappa shape index (κ1) is 13.8. The van der Waals surface area contributed by atoms with Gasteiger partial charge in [-0.1, -0.05) is 29.3 Å². The summed E-state index contributed by atoms with van der Waals surface area (Å²) in [4.78, 5) is 4.22. The smallest absolute Gasteiger partial charge is 0.203 e. The van der Waals surface area contributed by atoms with E-state index in [9.17, 15) is 0 Å². The highest BCUT2D eigenvalue weighted by Gasteiger charge is 2.06. The zero-order valence-electron chi connectivity index (χ0n) is 9.25. The Labute approximate surface area is 127 Å². The van der Waals surface area contributed by atoms with E-state index in [-0.39, 0.29) is 0 Å². The van der Waals surface area contributed by atoms with E-state index >= 15 is 0 Å². The van der Waals surface area contributed by atoms with Crippen LogP contribution >= 0.6 is 50.5 Å². The Bertz CT molecular complexity index is 598. The summed E-state index contributed by atoms with van der Waals surface area (Å²) in [5.41, 5.74) is 4.54. The van der Waals surface area contributed by atoms with Crippen LogP contribution in [-0.4, -0.2) is 11.2 Å². The minimum atomic E-state index is 0.465. The summed E-state index contributed by atoms with van der Waals surface area (Å²) in [6, 6.07) is 3.65. The molecule has 0 spiro atoms. The van der Waals surface area contributed by atoms with Crippen molar-refractivity contribution in [3.8, 4) is 0 Å². The van der Waals surface area contributed by atoms with E-state index < -0.39 is 0 Å². The molecule has 0 unspecified atom stereocenters. The van der Waals surface area contributed by atoms with Crippen molar-refractivity contribution in [3.63, 3.8) is 0 Å². The molecule has 0 radical (unpaired) electrons. The summed E-state index contributed by atoms with van der Waals surface area (Å²) in [6.45, 7) is 1.93. The minimum absolute atomic E-state index is 0.465. The van der Waals surface area contributed by atoms with Crippen molar-refractivity contribution in [2.45, 2.75) is 6.92 Å². The van der Waals surface area contributed by atoms with Crippen LogP contribution in [0.15, 0.2) is 27.1 Å². The van der Waals surface area contributed by atoms with Crippen LogP contribution in [0.4, 0.5) is 5.13 Å². The lowest BCUT2D eigenvalue weighted by Gasteiger charge is -2.02. The summed E-state index contributed by atoms with van der Waals surface area (Å²) in [6.07, 6.45) is 1.61. The first-order valence-electron chi connectivity index (χ1n) is 4.92. The molecule has 0 saturated carbocycles. The van der Waals surface area contributed by atoms with Crippen LogP contribution < -0.4 is 5.43 Å². The predicted octanol–water partition coefficient (Wildman–Crippen LogP) is 4.97. The van der Waals surface area contributed by atoms with Crippen LogP contribution in [-0.2, 0) is 0 Å². The minimum Gasteiger partial charge on any atom is -0.253 e. The fourth-order valence-corrected chi connectivity index (χ4v) is 2.67. The lowest BCUT2D eigenvalue weighted by molar-refractivity contribution is 1.22. The lowest BCUT2D eigenvalue weighted by atomic mass is 10.2. The fraction of sp³-hybridized carbons (Fsp3) is 0.0909. The van der Waals surface area contributed by atoms with Gasteiger partial charge in [-0.25, -0.2) is 4.98 Å². The zero-order valence-corrected chi connectivity index (χ0v) is 13.2. The second kappa shape index (κ2) is 6.02. The number of rotatable bonds is 3. The standard InChI is InChI=1S/C11H8BrCl2N3S/c1-6-5-18-11(16-6)17-15-4-7-2-3-8(12)10(14)9(7)13/h2-5H,1H3,(H,16,17). The van der Waals surface area contributed by atoms with Gasteiger partial charge in [-0.2, -0.15) is 5.10 Å². The van der Waals surface area contributed by atoms with E-state index in [1.54, 1.807) is 6.21 Å². The molecule has 2 aromatic rings. The molecular weight excluding hydrogens is 357 g/mol. The third-order valence-corrected chi connectivity index (χ3v) is 4.70. The highest BCUT2D eigenvalue weighted by atomic mass is 79.9. The molecule has 0 saturated heterocycles. The predicted molar refractivity (Wildman–Crippen MR) is 82.2 cm³/mol. The van der Waals surface area contributed by atoms with Gasteiger partial charge < -0.3 is 0 Å². The highest BCUT2D eigenvalue weighted by molar-refractivity contribution is 9.10. The largest absolute Gasteiger partial charge is 0.253 e. The second-order valence-electron chi connectivity index (χ2n) is 3.43. The van der Waals surface area contributed by atoms with Crippen molar-refractivity contribution in [1.82, 2.24) is 4.98 Å². The Morgan fingerprint density at radius 1 is 1.39 bits per heavy atom. The molecule has 2 rings (SSSR count). The van der Waals surface area contributed by atoms with Crippen molar-refractivity contribution in [2.24, 2.45) is 5.10 Å². The van der Waals surface area contributed by atoms with Crippen molar-refractivity contribution in [1.29, 1.82) is 0 Å². The Balaban J connectivity index is 2.12. The van der Waals surface area contributed by atoms with E-state index in [0.717, 1.165) is 20.9 Å². The van der Waals surface area contributed by atoms with Gasteiger partial charge in [0, 0.05) is 15.4 Å². The molecule has 3 nitrogen and oxygen atoms in total. The van der Waals surface area contributed by atoms with E-state index in [1.165, 1.54) is 11.3 Å². The van der Waals surface area contributed by atoms with Gasteiger partial charge >= 0.3 is 0 Å². The molecule has 0 atom stereocenters. The second-order valence-corrected chi connectivity index (χ2v) is 5.90. The number of nitrogens with one attached hydrogen (secondary N) is 1. The number of hydrazone groups is 1. The van der Waals surface area contributed by atoms with E-state index in [1.807, 2.05) is 24.4 Å². The van der Waals surface area contributed by atoms with Crippen LogP contribution in [0.25, 0.3) is 0 Å². The maximum atomic E-state index is 6.09. The SMILES string of the molecule is Cc1csc(NN=Cc2ccc(Br)c(Cl)c2Cl)n1. The van der Waals surface area contributed by atoms with E-state index in [4.69, 9.17) is 23.2 Å². The molecule has 0 aliphatic heterocycles. The van der Waals surface area contributed by atoms with Crippen LogP contribution in [0.5, 0.6) is 0 Å². The van der Waals surface area contributed by atoms with Crippen LogP contribution in [0.1, 0.15) is 11.3 Å². The number of hydrogen-bond donors (Lipinski definition) is 1. The molecule has 0 bridgehead atoms. The molecule has 18 heavy (non-hydrogen) atoms. The number of benzene rings is 1. The van der Waals surface area contributed by atoms with Crippen LogP contribution in [0.2, 0.25) is 10.0 Å². The molecular formula is C11H8BrCl2N3S. The van der Waals surface area contributed by atoms with Gasteiger partial charge in [0.25, 0.3) is 0 Å². The highest BCUT2D eigenvalue weighted by Crippen LogP contribution is 2.32. The summed E-state index contributed by atoms with van der Waals surface area (Å²) in [5.74, 6) is 0. The first-order chi connectivity index (χ1) is 8.58. The van der Waals surface area contributed by atoms with E-state index in [2.05, 4.69) is 31.4 Å². The summed E-state index contributed by atoms with van der Waals surface area (Å²) in [5, 5.41) is 7.70. The van der Waals surface area contributed by atoms with Gasteiger partial charge in [0.15, 0.2) is 0 Å². The molecule has 94 valence electrons. The molecule has 1 aromatic carbocycles. The summed E-state index contributed by atoms with van der Waals surface area (Å²) < 4.78 is 0.759. The molecule has 0 aliphatic carbocycles. The molecule has 0 amide bonds. The molecule has 0 aliphatic rings. The molecule has 1 aromatic heterocycles. The molecule has 1 N–H and O–H groups in total. The van der Waals surface area contributed by atoms with Crippen molar-refractivity contribution >= 4 is 61.8 Å². The van der Waals surface area contributed by atoms with Crippen molar-refractivity contribution < 1.29 is 0 Å². The monoisotopic (exact) mass is 363 g/mol. The first-order valence-corrected chi connectivity index (χ1v) is 7.35. The fourth-order valence-electron chi connectivity index (χ4n) is 1.20. The maximum absolute atomic E-state index is 6.09. The topological polar surface area (TPSA) is 37.3 Å². The summed E-state index contributed by atoms with van der Waals surface area (Å²) in [7, 11) is 0.